The van der Waals surface area contributed by atoms with Crippen LogP contribution in [0.15, 0.2) is 36.7 Å². The Morgan fingerprint density at radius 3 is 2.26 bits per heavy atom. The summed E-state index contributed by atoms with van der Waals surface area (Å²) in [5, 5.41) is 0.542. The SMILES string of the molecule is CC(C)N(Cc1ccc(N)cc1)c1ncc(Cl)cn1. The minimum Gasteiger partial charge on any atom is -0.399 e. The molecule has 0 spiro atoms. The van der Waals surface area contributed by atoms with E-state index in [1.807, 2.05) is 24.3 Å². The van der Waals surface area contributed by atoms with Crippen LogP contribution in [0.1, 0.15) is 19.4 Å². The standard InChI is InChI=1S/C14H17ClN4/c1-10(2)19(14-17-7-12(15)8-18-14)9-11-3-5-13(16)6-4-11/h3-8,10H,9,16H2,1-2H3. The summed E-state index contributed by atoms with van der Waals surface area (Å²) in [5.41, 5.74) is 7.63. The van der Waals surface area contributed by atoms with Gasteiger partial charge in [0.05, 0.1) is 17.4 Å². The van der Waals surface area contributed by atoms with Crippen molar-refractivity contribution in [2.45, 2.75) is 26.4 Å². The Morgan fingerprint density at radius 1 is 1.16 bits per heavy atom. The van der Waals surface area contributed by atoms with E-state index in [0.29, 0.717) is 17.0 Å². The first kappa shape index (κ1) is 13.6. The molecule has 0 unspecified atom stereocenters. The molecule has 0 amide bonds. The van der Waals surface area contributed by atoms with Gasteiger partial charge in [0.2, 0.25) is 5.95 Å². The van der Waals surface area contributed by atoms with Gasteiger partial charge in [-0.3, -0.25) is 0 Å². The number of hydrogen-bond donors (Lipinski definition) is 1. The van der Waals surface area contributed by atoms with Gasteiger partial charge in [0.25, 0.3) is 0 Å². The number of nitrogens with zero attached hydrogens (tertiary/aromatic N) is 3. The molecule has 1 heterocycles. The molecule has 0 saturated carbocycles. The molecule has 0 aliphatic carbocycles. The Labute approximate surface area is 118 Å². The molecule has 5 heteroatoms. The monoisotopic (exact) mass is 276 g/mol. The molecule has 2 N–H and O–H groups in total. The van der Waals surface area contributed by atoms with E-state index in [1.54, 1.807) is 12.4 Å². The van der Waals surface area contributed by atoms with Gasteiger partial charge in [-0.25, -0.2) is 9.97 Å². The van der Waals surface area contributed by atoms with Crippen molar-refractivity contribution in [1.82, 2.24) is 9.97 Å². The van der Waals surface area contributed by atoms with Crippen molar-refractivity contribution in [3.05, 3.63) is 47.2 Å². The smallest absolute Gasteiger partial charge is 0.225 e. The average Bonchev–Trinajstić information content (AvgIpc) is 2.39. The molecular weight excluding hydrogens is 260 g/mol. The van der Waals surface area contributed by atoms with E-state index in [0.717, 1.165) is 12.2 Å². The summed E-state index contributed by atoms with van der Waals surface area (Å²) < 4.78 is 0. The van der Waals surface area contributed by atoms with Gasteiger partial charge in [-0.1, -0.05) is 23.7 Å². The number of benzene rings is 1. The maximum absolute atomic E-state index is 5.82. The van der Waals surface area contributed by atoms with Crippen LogP contribution in [-0.2, 0) is 6.54 Å². The summed E-state index contributed by atoms with van der Waals surface area (Å²) in [6, 6.07) is 8.12. The molecule has 0 aliphatic heterocycles. The molecule has 0 radical (unpaired) electrons. The van der Waals surface area contributed by atoms with Crippen molar-refractivity contribution in [3.8, 4) is 0 Å². The molecule has 2 aromatic rings. The van der Waals surface area contributed by atoms with Crippen LogP contribution in [0.3, 0.4) is 0 Å². The molecule has 0 atom stereocenters. The van der Waals surface area contributed by atoms with Gasteiger partial charge < -0.3 is 10.6 Å². The van der Waals surface area contributed by atoms with Gasteiger partial charge in [-0.15, -0.1) is 0 Å². The zero-order valence-electron chi connectivity index (χ0n) is 11.0. The summed E-state index contributed by atoms with van der Waals surface area (Å²) in [6.45, 7) is 4.95. The van der Waals surface area contributed by atoms with Gasteiger partial charge >= 0.3 is 0 Å². The number of aromatic nitrogens is 2. The highest BCUT2D eigenvalue weighted by atomic mass is 35.5. The Hall–Kier alpha value is -1.81. The van der Waals surface area contributed by atoms with E-state index in [4.69, 9.17) is 17.3 Å². The Morgan fingerprint density at radius 2 is 1.74 bits per heavy atom. The lowest BCUT2D eigenvalue weighted by atomic mass is 10.2. The molecule has 0 aliphatic rings. The quantitative estimate of drug-likeness (QED) is 0.872. The molecule has 1 aromatic heterocycles. The van der Waals surface area contributed by atoms with Crippen LogP contribution >= 0.6 is 11.6 Å². The van der Waals surface area contributed by atoms with Crippen molar-refractivity contribution in [3.63, 3.8) is 0 Å². The lowest BCUT2D eigenvalue weighted by Crippen LogP contribution is -2.31. The molecule has 19 heavy (non-hydrogen) atoms. The predicted octanol–water partition coefficient (Wildman–Crippen LogP) is 3.13. The Kier molecular flexibility index (Phi) is 4.22. The van der Waals surface area contributed by atoms with Crippen LogP contribution in [0.2, 0.25) is 5.02 Å². The number of nitrogens with two attached hydrogens (primary N) is 1. The fourth-order valence-electron chi connectivity index (χ4n) is 1.76. The van der Waals surface area contributed by atoms with Crippen LogP contribution in [0.4, 0.5) is 11.6 Å². The lowest BCUT2D eigenvalue weighted by molar-refractivity contribution is 0.660. The first-order valence-corrected chi connectivity index (χ1v) is 6.52. The lowest BCUT2D eigenvalue weighted by Gasteiger charge is -2.26. The summed E-state index contributed by atoms with van der Waals surface area (Å²) in [4.78, 5) is 10.7. The third-order valence-electron chi connectivity index (χ3n) is 2.82. The van der Waals surface area contributed by atoms with E-state index >= 15 is 0 Å². The highest BCUT2D eigenvalue weighted by Crippen LogP contribution is 2.17. The molecule has 0 saturated heterocycles. The zero-order valence-corrected chi connectivity index (χ0v) is 11.8. The third kappa shape index (κ3) is 3.58. The third-order valence-corrected chi connectivity index (χ3v) is 3.01. The second-order valence-corrected chi connectivity index (χ2v) is 5.10. The first-order chi connectivity index (χ1) is 9.06. The predicted molar refractivity (Wildman–Crippen MR) is 79.2 cm³/mol. The number of nitrogen functional groups attached to an aromatic ring is 1. The van der Waals surface area contributed by atoms with Crippen LogP contribution in [0, 0.1) is 0 Å². The fraction of sp³-hybridized carbons (Fsp3) is 0.286. The molecule has 100 valence electrons. The van der Waals surface area contributed by atoms with Crippen LogP contribution in [-0.4, -0.2) is 16.0 Å². The normalized spacial score (nSPS) is 10.7. The molecular formula is C14H17ClN4. The average molecular weight is 277 g/mol. The van der Waals surface area contributed by atoms with Crippen LogP contribution in [0.25, 0.3) is 0 Å². The topological polar surface area (TPSA) is 55.0 Å². The zero-order chi connectivity index (χ0) is 13.8. The van der Waals surface area contributed by atoms with Gasteiger partial charge in [0, 0.05) is 18.3 Å². The van der Waals surface area contributed by atoms with Gasteiger partial charge in [0.1, 0.15) is 0 Å². The first-order valence-electron chi connectivity index (χ1n) is 6.15. The second kappa shape index (κ2) is 5.89. The Bertz CT molecular complexity index is 522. The van der Waals surface area contributed by atoms with E-state index in [-0.39, 0.29) is 0 Å². The molecule has 0 fully saturated rings. The van der Waals surface area contributed by atoms with Gasteiger partial charge in [0.15, 0.2) is 0 Å². The summed E-state index contributed by atoms with van der Waals surface area (Å²) in [5.74, 6) is 0.677. The van der Waals surface area contributed by atoms with E-state index in [9.17, 15) is 0 Å². The number of halogens is 1. The van der Waals surface area contributed by atoms with Crippen molar-refractivity contribution in [2.75, 3.05) is 10.6 Å². The van der Waals surface area contributed by atoms with Crippen LogP contribution in [0.5, 0.6) is 0 Å². The van der Waals surface area contributed by atoms with E-state index < -0.39 is 0 Å². The van der Waals surface area contributed by atoms with Gasteiger partial charge in [-0.05, 0) is 31.5 Å². The second-order valence-electron chi connectivity index (χ2n) is 4.66. The van der Waals surface area contributed by atoms with E-state index in [1.165, 1.54) is 5.56 Å². The molecule has 2 rings (SSSR count). The highest BCUT2D eigenvalue weighted by Gasteiger charge is 2.13. The van der Waals surface area contributed by atoms with Crippen molar-refractivity contribution < 1.29 is 0 Å². The molecule has 4 nitrogen and oxygen atoms in total. The maximum atomic E-state index is 5.82. The van der Waals surface area contributed by atoms with Crippen LogP contribution < -0.4 is 10.6 Å². The van der Waals surface area contributed by atoms with Gasteiger partial charge in [-0.2, -0.15) is 0 Å². The summed E-state index contributed by atoms with van der Waals surface area (Å²) in [6.07, 6.45) is 3.23. The molecule has 1 aromatic carbocycles. The molecule has 0 bridgehead atoms. The highest BCUT2D eigenvalue weighted by molar-refractivity contribution is 6.30. The summed E-state index contributed by atoms with van der Waals surface area (Å²) >= 11 is 5.82. The van der Waals surface area contributed by atoms with Crippen molar-refractivity contribution >= 4 is 23.2 Å². The Balaban J connectivity index is 2.21. The minimum atomic E-state index is 0.290. The number of rotatable bonds is 4. The van der Waals surface area contributed by atoms with Crippen molar-refractivity contribution in [2.24, 2.45) is 0 Å². The van der Waals surface area contributed by atoms with Crippen molar-refractivity contribution in [1.29, 1.82) is 0 Å². The van der Waals surface area contributed by atoms with E-state index in [2.05, 4.69) is 28.7 Å². The largest absolute Gasteiger partial charge is 0.399 e. The maximum Gasteiger partial charge on any atom is 0.225 e. The number of hydrogen-bond acceptors (Lipinski definition) is 4. The summed E-state index contributed by atoms with van der Waals surface area (Å²) in [7, 11) is 0. The minimum absolute atomic E-state index is 0.290. The number of anilines is 2. The fourth-order valence-corrected chi connectivity index (χ4v) is 1.86.